The summed E-state index contributed by atoms with van der Waals surface area (Å²) in [4.78, 5) is 42.2. The molecular weight excluding hydrogens is 546 g/mol. The van der Waals surface area contributed by atoms with Gasteiger partial charge in [-0.3, -0.25) is 14.5 Å². The summed E-state index contributed by atoms with van der Waals surface area (Å²) in [5.41, 5.74) is 0.441. The van der Waals surface area contributed by atoms with Gasteiger partial charge >= 0.3 is 5.97 Å². The zero-order valence-corrected chi connectivity index (χ0v) is 24.9. The number of piperidine rings is 1. The molecule has 224 valence electrons. The van der Waals surface area contributed by atoms with Crippen molar-refractivity contribution in [2.75, 3.05) is 19.6 Å². The van der Waals surface area contributed by atoms with Crippen LogP contribution in [0, 0.1) is 5.92 Å². The third-order valence-electron chi connectivity index (χ3n) is 7.94. The maximum atomic E-state index is 13.6. The number of aliphatic hydroxyl groups is 1. The van der Waals surface area contributed by atoms with E-state index in [1.165, 1.54) is 12.1 Å². The van der Waals surface area contributed by atoms with Crippen LogP contribution in [0.4, 0.5) is 0 Å². The molecule has 2 aliphatic heterocycles. The molecule has 1 spiro atoms. The van der Waals surface area contributed by atoms with E-state index in [0.717, 1.165) is 18.4 Å². The topological polar surface area (TPSA) is 119 Å². The molecular formula is C31H42ClN3O6. The van der Waals surface area contributed by atoms with Crippen molar-refractivity contribution in [3.05, 3.63) is 59.7 Å². The van der Waals surface area contributed by atoms with Crippen molar-refractivity contribution in [2.24, 2.45) is 5.92 Å². The number of ether oxygens (including phenoxy) is 1. The highest BCUT2D eigenvalue weighted by molar-refractivity contribution is 6.00. The number of hydrogen-bond donors (Lipinski definition) is 3. The van der Waals surface area contributed by atoms with Gasteiger partial charge in [0.1, 0.15) is 23.1 Å². The predicted molar refractivity (Wildman–Crippen MR) is 158 cm³/mol. The average Bonchev–Trinajstić information content (AvgIpc) is 2.93. The zero-order chi connectivity index (χ0) is 28.9. The number of hydrogen-bond acceptors (Lipinski definition) is 6. The molecule has 2 amide bonds. The molecule has 0 aliphatic carbocycles. The molecule has 2 atom stereocenters. The third kappa shape index (κ3) is 7.58. The number of aliphatic hydroxyl groups excluding tert-OH is 1. The van der Waals surface area contributed by atoms with Gasteiger partial charge in [-0.05, 0) is 73.6 Å². The Kier molecular flexibility index (Phi) is 11.2. The van der Waals surface area contributed by atoms with Crippen LogP contribution in [-0.2, 0) is 16.1 Å². The van der Waals surface area contributed by atoms with Crippen LogP contribution in [-0.4, -0.2) is 75.1 Å². The molecule has 0 bridgehead atoms. The Morgan fingerprint density at radius 1 is 1.05 bits per heavy atom. The summed E-state index contributed by atoms with van der Waals surface area (Å²) < 4.78 is 5.84. The van der Waals surface area contributed by atoms with Crippen molar-refractivity contribution in [1.29, 1.82) is 0 Å². The lowest BCUT2D eigenvalue weighted by Gasteiger charge is -2.52. The highest BCUT2D eigenvalue weighted by Gasteiger charge is 2.54. The van der Waals surface area contributed by atoms with E-state index in [2.05, 4.69) is 17.1 Å². The molecule has 2 aromatic carbocycles. The highest BCUT2D eigenvalue weighted by Crippen LogP contribution is 2.35. The van der Waals surface area contributed by atoms with Crippen LogP contribution < -0.4 is 10.1 Å². The van der Waals surface area contributed by atoms with Crippen molar-refractivity contribution in [2.45, 2.75) is 77.1 Å². The number of likely N-dealkylation sites (tertiary alicyclic amines) is 1. The van der Waals surface area contributed by atoms with Gasteiger partial charge in [-0.25, -0.2) is 4.79 Å². The molecule has 2 aromatic rings. The fourth-order valence-corrected chi connectivity index (χ4v) is 5.66. The van der Waals surface area contributed by atoms with Gasteiger partial charge in [0, 0.05) is 26.2 Å². The van der Waals surface area contributed by atoms with Crippen molar-refractivity contribution >= 4 is 30.2 Å². The van der Waals surface area contributed by atoms with Gasteiger partial charge < -0.3 is 25.2 Å². The van der Waals surface area contributed by atoms with E-state index >= 15 is 0 Å². The summed E-state index contributed by atoms with van der Waals surface area (Å²) >= 11 is 0. The van der Waals surface area contributed by atoms with Gasteiger partial charge in [0.2, 0.25) is 11.8 Å². The SMILES string of the molecule is CCCCN1C(=O)[C@@H]([C@H](O)CC(C)C)NC(=O)C12CCN(Cc1ccc(Oc3ccc(C(=O)O)cc3)cc1)CC2.Cl. The minimum atomic E-state index is -0.978. The van der Waals surface area contributed by atoms with E-state index in [-0.39, 0.29) is 35.7 Å². The molecule has 2 aliphatic rings. The molecule has 0 unspecified atom stereocenters. The number of nitrogens with zero attached hydrogens (tertiary/aromatic N) is 2. The molecule has 2 fully saturated rings. The normalized spacial score (nSPS) is 19.5. The Morgan fingerprint density at radius 3 is 2.17 bits per heavy atom. The Hall–Kier alpha value is -3.14. The number of carbonyl (C=O) groups is 3. The fraction of sp³-hybridized carbons (Fsp3) is 0.516. The van der Waals surface area contributed by atoms with E-state index in [4.69, 9.17) is 9.84 Å². The summed E-state index contributed by atoms with van der Waals surface area (Å²) in [7, 11) is 0. The van der Waals surface area contributed by atoms with Crippen LogP contribution in [0.5, 0.6) is 11.5 Å². The first-order chi connectivity index (χ1) is 19.1. The molecule has 0 saturated carbocycles. The van der Waals surface area contributed by atoms with Crippen LogP contribution >= 0.6 is 12.4 Å². The number of aromatic carboxylic acids is 1. The fourth-order valence-electron chi connectivity index (χ4n) is 5.66. The van der Waals surface area contributed by atoms with E-state index in [1.807, 2.05) is 38.1 Å². The summed E-state index contributed by atoms with van der Waals surface area (Å²) in [5, 5.41) is 22.6. The maximum Gasteiger partial charge on any atom is 0.335 e. The Balaban J connectivity index is 0.00000462. The molecule has 0 aromatic heterocycles. The number of amides is 2. The number of carboxylic acid groups (broad SMARTS) is 1. The van der Waals surface area contributed by atoms with Crippen molar-refractivity contribution < 1.29 is 29.3 Å². The summed E-state index contributed by atoms with van der Waals surface area (Å²) in [5.74, 6) is 0.146. The Bertz CT molecular complexity index is 1180. The average molecular weight is 588 g/mol. The van der Waals surface area contributed by atoms with E-state index in [1.54, 1.807) is 17.0 Å². The molecule has 41 heavy (non-hydrogen) atoms. The number of benzene rings is 2. The molecule has 2 heterocycles. The second-order valence-electron chi connectivity index (χ2n) is 11.4. The summed E-state index contributed by atoms with van der Waals surface area (Å²) in [6, 6.07) is 13.1. The van der Waals surface area contributed by atoms with Crippen LogP contribution in [0.2, 0.25) is 0 Å². The highest BCUT2D eigenvalue weighted by atomic mass is 35.5. The second kappa shape index (κ2) is 14.2. The quantitative estimate of drug-likeness (QED) is 0.355. The molecule has 4 rings (SSSR count). The minimum Gasteiger partial charge on any atom is -0.478 e. The molecule has 10 heteroatoms. The lowest BCUT2D eigenvalue weighted by Crippen LogP contribution is -2.74. The van der Waals surface area contributed by atoms with E-state index < -0.39 is 23.7 Å². The second-order valence-corrected chi connectivity index (χ2v) is 11.4. The van der Waals surface area contributed by atoms with Crippen LogP contribution in [0.15, 0.2) is 48.5 Å². The van der Waals surface area contributed by atoms with Crippen LogP contribution in [0.1, 0.15) is 68.8 Å². The van der Waals surface area contributed by atoms with Crippen molar-refractivity contribution in [1.82, 2.24) is 15.1 Å². The first-order valence-electron chi connectivity index (χ1n) is 14.3. The lowest BCUT2D eigenvalue weighted by molar-refractivity contribution is -0.164. The molecule has 3 N–H and O–H groups in total. The minimum absolute atomic E-state index is 0. The van der Waals surface area contributed by atoms with Gasteiger partial charge in [-0.1, -0.05) is 39.3 Å². The number of rotatable bonds is 11. The monoisotopic (exact) mass is 587 g/mol. The Labute approximate surface area is 248 Å². The van der Waals surface area contributed by atoms with Gasteiger partial charge in [0.25, 0.3) is 0 Å². The van der Waals surface area contributed by atoms with Crippen molar-refractivity contribution in [3.63, 3.8) is 0 Å². The molecule has 9 nitrogen and oxygen atoms in total. The van der Waals surface area contributed by atoms with Crippen LogP contribution in [0.3, 0.4) is 0 Å². The zero-order valence-electron chi connectivity index (χ0n) is 24.0. The third-order valence-corrected chi connectivity index (χ3v) is 7.94. The number of nitrogens with one attached hydrogen (secondary N) is 1. The number of unbranched alkanes of at least 4 members (excludes halogenated alkanes) is 1. The van der Waals surface area contributed by atoms with Crippen LogP contribution in [0.25, 0.3) is 0 Å². The van der Waals surface area contributed by atoms with Crippen molar-refractivity contribution in [3.8, 4) is 11.5 Å². The van der Waals surface area contributed by atoms with Gasteiger partial charge in [0.15, 0.2) is 0 Å². The van der Waals surface area contributed by atoms with Gasteiger partial charge in [-0.15, -0.1) is 12.4 Å². The van der Waals surface area contributed by atoms with E-state index in [0.29, 0.717) is 56.9 Å². The summed E-state index contributed by atoms with van der Waals surface area (Å²) in [6.07, 6.45) is 2.40. The number of piperazine rings is 1. The number of carboxylic acids is 1. The lowest BCUT2D eigenvalue weighted by atomic mass is 9.80. The standard InChI is InChI=1S/C31H41N3O6.ClH/c1-4-5-16-34-28(36)27(26(35)19-21(2)3)32-30(39)31(34)14-17-33(18-15-31)20-22-6-10-24(11-7-22)40-25-12-8-23(9-13-25)29(37)38;/h6-13,21,26-27,35H,4-5,14-20H2,1-3H3,(H,32,39)(H,37,38);1H/t26-,27-;/m1./s1. The molecule has 0 radical (unpaired) electrons. The summed E-state index contributed by atoms with van der Waals surface area (Å²) in [6.45, 7) is 8.64. The van der Waals surface area contributed by atoms with E-state index in [9.17, 15) is 19.5 Å². The first kappa shape index (κ1) is 32.4. The van der Waals surface area contributed by atoms with Gasteiger partial charge in [0.05, 0.1) is 11.7 Å². The Morgan fingerprint density at radius 2 is 1.63 bits per heavy atom. The largest absolute Gasteiger partial charge is 0.478 e. The number of halogens is 1. The van der Waals surface area contributed by atoms with Gasteiger partial charge in [-0.2, -0.15) is 0 Å². The molecule has 2 saturated heterocycles. The smallest absolute Gasteiger partial charge is 0.335 e. The maximum absolute atomic E-state index is 13.6. The first-order valence-corrected chi connectivity index (χ1v) is 14.3. The number of carbonyl (C=O) groups excluding carboxylic acids is 2. The predicted octanol–water partition coefficient (Wildman–Crippen LogP) is 4.47.